The molecule has 2 aromatic rings. The number of thioether (sulfide) groups is 1. The van der Waals surface area contributed by atoms with E-state index in [2.05, 4.69) is 27.5 Å². The third kappa shape index (κ3) is 5.82. The van der Waals surface area contributed by atoms with Crippen molar-refractivity contribution in [2.75, 3.05) is 18.8 Å². The Morgan fingerprint density at radius 2 is 2.09 bits per heavy atom. The van der Waals surface area contributed by atoms with E-state index in [-0.39, 0.29) is 18.4 Å². The van der Waals surface area contributed by atoms with Crippen LogP contribution < -0.4 is 10.6 Å². The molecule has 22 heavy (non-hydrogen) atoms. The molecular weight excluding hydrogens is 336 g/mol. The van der Waals surface area contributed by atoms with Crippen molar-refractivity contribution in [3.8, 4) is 0 Å². The van der Waals surface area contributed by atoms with Gasteiger partial charge in [-0.3, -0.25) is 9.59 Å². The van der Waals surface area contributed by atoms with Crippen molar-refractivity contribution in [2.45, 2.75) is 12.7 Å². The highest BCUT2D eigenvalue weighted by molar-refractivity contribution is 7.98. The fraction of sp³-hybridized carbons (Fsp3) is 0.333. The summed E-state index contributed by atoms with van der Waals surface area (Å²) in [6.45, 7) is 2.58. The van der Waals surface area contributed by atoms with Gasteiger partial charge in [0.2, 0.25) is 5.91 Å². The molecule has 2 N–H and O–H groups in total. The molecular formula is C15H18N2O2S3. The molecule has 0 aliphatic rings. The van der Waals surface area contributed by atoms with E-state index in [1.165, 1.54) is 16.9 Å². The van der Waals surface area contributed by atoms with Crippen LogP contribution in [0.2, 0.25) is 0 Å². The molecule has 0 unspecified atom stereocenters. The SMILES string of the molecule is Cc1ccc(C(=O)NCC(=O)NCCSCc2ccsc2)s1. The molecule has 0 fully saturated rings. The van der Waals surface area contributed by atoms with Crippen LogP contribution in [0, 0.1) is 6.92 Å². The lowest BCUT2D eigenvalue weighted by atomic mass is 10.4. The van der Waals surface area contributed by atoms with Crippen LogP contribution in [-0.4, -0.2) is 30.7 Å². The zero-order valence-electron chi connectivity index (χ0n) is 12.3. The molecule has 0 radical (unpaired) electrons. The molecule has 0 saturated carbocycles. The Kier molecular flexibility index (Phi) is 6.95. The second-order valence-electron chi connectivity index (χ2n) is 4.63. The van der Waals surface area contributed by atoms with E-state index < -0.39 is 0 Å². The average molecular weight is 355 g/mol. The van der Waals surface area contributed by atoms with Crippen molar-refractivity contribution < 1.29 is 9.59 Å². The van der Waals surface area contributed by atoms with E-state index >= 15 is 0 Å². The molecule has 2 aromatic heterocycles. The Labute approximate surface area is 142 Å². The van der Waals surface area contributed by atoms with E-state index in [0.29, 0.717) is 11.4 Å². The minimum absolute atomic E-state index is 0.0188. The van der Waals surface area contributed by atoms with Crippen LogP contribution in [-0.2, 0) is 10.5 Å². The zero-order valence-corrected chi connectivity index (χ0v) is 14.7. The van der Waals surface area contributed by atoms with Crippen molar-refractivity contribution in [1.82, 2.24) is 10.6 Å². The summed E-state index contributed by atoms with van der Waals surface area (Å²) in [4.78, 5) is 25.1. The van der Waals surface area contributed by atoms with Crippen LogP contribution in [0.4, 0.5) is 0 Å². The van der Waals surface area contributed by atoms with Gasteiger partial charge in [0.1, 0.15) is 0 Å². The Morgan fingerprint density at radius 1 is 1.23 bits per heavy atom. The molecule has 2 heterocycles. The Balaban J connectivity index is 1.55. The molecule has 118 valence electrons. The van der Waals surface area contributed by atoms with Gasteiger partial charge in [-0.25, -0.2) is 0 Å². The number of carbonyl (C=O) groups is 2. The van der Waals surface area contributed by atoms with Gasteiger partial charge in [0.25, 0.3) is 5.91 Å². The first kappa shape index (κ1) is 17.1. The largest absolute Gasteiger partial charge is 0.354 e. The average Bonchev–Trinajstić information content (AvgIpc) is 3.16. The van der Waals surface area contributed by atoms with E-state index in [0.717, 1.165) is 16.4 Å². The fourth-order valence-electron chi connectivity index (χ4n) is 1.69. The normalized spacial score (nSPS) is 10.4. The topological polar surface area (TPSA) is 58.2 Å². The number of hydrogen-bond acceptors (Lipinski definition) is 5. The molecule has 0 aliphatic carbocycles. The minimum Gasteiger partial charge on any atom is -0.354 e. The maximum absolute atomic E-state index is 11.8. The quantitative estimate of drug-likeness (QED) is 0.717. The van der Waals surface area contributed by atoms with Crippen LogP contribution in [0.5, 0.6) is 0 Å². The van der Waals surface area contributed by atoms with Crippen LogP contribution in [0.25, 0.3) is 0 Å². The van der Waals surface area contributed by atoms with Crippen LogP contribution >= 0.6 is 34.4 Å². The highest BCUT2D eigenvalue weighted by Crippen LogP contribution is 2.15. The number of rotatable bonds is 8. The smallest absolute Gasteiger partial charge is 0.261 e. The van der Waals surface area contributed by atoms with Crippen LogP contribution in [0.15, 0.2) is 29.0 Å². The summed E-state index contributed by atoms with van der Waals surface area (Å²) in [6.07, 6.45) is 0. The number of carbonyl (C=O) groups excluding carboxylic acids is 2. The molecule has 0 aromatic carbocycles. The second kappa shape index (κ2) is 8.97. The molecule has 2 amide bonds. The third-order valence-electron chi connectivity index (χ3n) is 2.79. The maximum atomic E-state index is 11.8. The van der Waals surface area contributed by atoms with E-state index in [1.807, 2.05) is 13.0 Å². The summed E-state index contributed by atoms with van der Waals surface area (Å²) in [6, 6.07) is 5.77. The monoisotopic (exact) mass is 354 g/mol. The van der Waals surface area contributed by atoms with E-state index in [4.69, 9.17) is 0 Å². The number of amides is 2. The zero-order chi connectivity index (χ0) is 15.8. The van der Waals surface area contributed by atoms with Crippen LogP contribution in [0.3, 0.4) is 0 Å². The third-order valence-corrected chi connectivity index (χ3v) is 5.55. The molecule has 4 nitrogen and oxygen atoms in total. The Morgan fingerprint density at radius 3 is 2.77 bits per heavy atom. The summed E-state index contributed by atoms with van der Waals surface area (Å²) >= 11 is 4.90. The molecule has 2 rings (SSSR count). The number of thiophene rings is 2. The van der Waals surface area contributed by atoms with Gasteiger partial charge in [-0.05, 0) is 41.4 Å². The summed E-state index contributed by atoms with van der Waals surface area (Å²) in [5.74, 6) is 1.48. The van der Waals surface area contributed by atoms with Crippen molar-refractivity contribution >= 4 is 46.2 Å². The van der Waals surface area contributed by atoms with Gasteiger partial charge < -0.3 is 10.6 Å². The predicted molar refractivity (Wildman–Crippen MR) is 94.9 cm³/mol. The molecule has 0 atom stereocenters. The lowest BCUT2D eigenvalue weighted by molar-refractivity contribution is -0.120. The van der Waals surface area contributed by atoms with Gasteiger partial charge in [-0.15, -0.1) is 11.3 Å². The van der Waals surface area contributed by atoms with E-state index in [1.54, 1.807) is 29.2 Å². The number of nitrogens with one attached hydrogen (secondary N) is 2. The summed E-state index contributed by atoms with van der Waals surface area (Å²) < 4.78 is 0. The van der Waals surface area contributed by atoms with Crippen molar-refractivity contribution in [3.05, 3.63) is 44.3 Å². The molecule has 0 bridgehead atoms. The second-order valence-corrected chi connectivity index (χ2v) is 7.80. The molecule has 0 spiro atoms. The lowest BCUT2D eigenvalue weighted by Gasteiger charge is -2.06. The van der Waals surface area contributed by atoms with E-state index in [9.17, 15) is 9.59 Å². The Bertz CT molecular complexity index is 608. The number of aryl methyl sites for hydroxylation is 1. The first-order valence-electron chi connectivity index (χ1n) is 6.85. The Hall–Kier alpha value is -1.31. The lowest BCUT2D eigenvalue weighted by Crippen LogP contribution is -2.37. The maximum Gasteiger partial charge on any atom is 0.261 e. The summed E-state index contributed by atoms with van der Waals surface area (Å²) in [5.41, 5.74) is 1.32. The van der Waals surface area contributed by atoms with Gasteiger partial charge in [0, 0.05) is 22.9 Å². The predicted octanol–water partition coefficient (Wildman–Crippen LogP) is 2.90. The van der Waals surface area contributed by atoms with Gasteiger partial charge in [0.15, 0.2) is 0 Å². The van der Waals surface area contributed by atoms with Gasteiger partial charge in [-0.1, -0.05) is 0 Å². The first-order chi connectivity index (χ1) is 10.6. The van der Waals surface area contributed by atoms with Crippen molar-refractivity contribution in [1.29, 1.82) is 0 Å². The molecule has 7 heteroatoms. The van der Waals surface area contributed by atoms with Gasteiger partial charge >= 0.3 is 0 Å². The molecule has 0 saturated heterocycles. The van der Waals surface area contributed by atoms with Gasteiger partial charge in [0.05, 0.1) is 11.4 Å². The molecule has 0 aliphatic heterocycles. The van der Waals surface area contributed by atoms with Crippen molar-refractivity contribution in [2.24, 2.45) is 0 Å². The first-order valence-corrected chi connectivity index (χ1v) is 9.76. The van der Waals surface area contributed by atoms with Gasteiger partial charge in [-0.2, -0.15) is 23.1 Å². The number of hydrogen-bond donors (Lipinski definition) is 2. The highest BCUT2D eigenvalue weighted by atomic mass is 32.2. The summed E-state index contributed by atoms with van der Waals surface area (Å²) in [7, 11) is 0. The van der Waals surface area contributed by atoms with Crippen molar-refractivity contribution in [3.63, 3.8) is 0 Å². The van der Waals surface area contributed by atoms with Crippen LogP contribution in [0.1, 0.15) is 20.1 Å². The highest BCUT2D eigenvalue weighted by Gasteiger charge is 2.09. The minimum atomic E-state index is -0.194. The summed E-state index contributed by atoms with van der Waals surface area (Å²) in [5, 5.41) is 9.63. The standard InChI is InChI=1S/C15H18N2O2S3/c1-11-2-3-13(22-11)15(19)17-8-14(18)16-5-7-21-10-12-4-6-20-9-12/h2-4,6,9H,5,7-8,10H2,1H3,(H,16,18)(H,17,19). The fourth-order valence-corrected chi connectivity index (χ4v) is 4.06.